The summed E-state index contributed by atoms with van der Waals surface area (Å²) < 4.78 is 11.2. The van der Waals surface area contributed by atoms with Crippen molar-refractivity contribution in [3.63, 3.8) is 0 Å². The molecular weight excluding hydrogens is 404 g/mol. The van der Waals surface area contributed by atoms with Crippen molar-refractivity contribution in [2.75, 3.05) is 0 Å². The topological polar surface area (TPSA) is 76.7 Å². The molecule has 2 aromatic carbocycles. The number of carbonyl (C=O) groups excluding carboxylic acids is 2. The highest BCUT2D eigenvalue weighted by Gasteiger charge is 2.33. The molecule has 2 amide bonds. The van der Waals surface area contributed by atoms with Crippen molar-refractivity contribution >= 4 is 23.6 Å². The third kappa shape index (κ3) is 5.33. The molecule has 158 valence electrons. The molecule has 0 saturated carbocycles. The van der Waals surface area contributed by atoms with Gasteiger partial charge in [-0.2, -0.15) is 0 Å². The first-order chi connectivity index (χ1) is 14.4. The van der Waals surface area contributed by atoms with Gasteiger partial charge in [0, 0.05) is 10.7 Å². The summed E-state index contributed by atoms with van der Waals surface area (Å²) in [7, 11) is 0. The Kier molecular flexibility index (Phi) is 7.00. The molecule has 0 spiro atoms. The van der Waals surface area contributed by atoms with Crippen LogP contribution < -0.4 is 15.4 Å². The molecular formula is C23H25ClN2O4. The van der Waals surface area contributed by atoms with Crippen molar-refractivity contribution in [2.45, 2.75) is 45.9 Å². The number of carbonyl (C=O) groups is 2. The van der Waals surface area contributed by atoms with Gasteiger partial charge in [-0.1, -0.05) is 42.8 Å². The van der Waals surface area contributed by atoms with Gasteiger partial charge in [-0.3, -0.25) is 0 Å². The number of hydrogen-bond donors (Lipinski definition) is 2. The van der Waals surface area contributed by atoms with Crippen molar-refractivity contribution in [1.82, 2.24) is 10.6 Å². The van der Waals surface area contributed by atoms with E-state index in [9.17, 15) is 9.59 Å². The van der Waals surface area contributed by atoms with Crippen LogP contribution in [-0.2, 0) is 16.1 Å². The number of allylic oxidation sites excluding steroid dienone is 1. The summed E-state index contributed by atoms with van der Waals surface area (Å²) in [5.74, 6) is 0.227. The minimum atomic E-state index is -0.595. The first-order valence-electron chi connectivity index (χ1n) is 9.86. The van der Waals surface area contributed by atoms with Gasteiger partial charge in [0.25, 0.3) is 0 Å². The van der Waals surface area contributed by atoms with Crippen LogP contribution in [0.3, 0.4) is 0 Å². The third-order valence-corrected chi connectivity index (χ3v) is 4.81. The highest BCUT2D eigenvalue weighted by atomic mass is 35.5. The fourth-order valence-corrected chi connectivity index (χ4v) is 3.43. The van der Waals surface area contributed by atoms with Gasteiger partial charge in [0.05, 0.1) is 17.7 Å². The number of esters is 1. The number of benzene rings is 2. The zero-order chi connectivity index (χ0) is 21.7. The van der Waals surface area contributed by atoms with E-state index in [4.69, 9.17) is 21.1 Å². The van der Waals surface area contributed by atoms with Gasteiger partial charge in [0.2, 0.25) is 0 Å². The maximum atomic E-state index is 12.7. The number of hydrogen-bond acceptors (Lipinski definition) is 4. The molecule has 1 heterocycles. The third-order valence-electron chi connectivity index (χ3n) is 4.58. The van der Waals surface area contributed by atoms with Crippen molar-refractivity contribution in [2.24, 2.45) is 0 Å². The SMILES string of the molecule is CCC1=C(C(=O)OC(C)C)C(c2ccc(OCc3cccc(Cl)c3)cc2)NC(=O)N1. The molecule has 7 heteroatoms. The van der Waals surface area contributed by atoms with E-state index < -0.39 is 12.0 Å². The summed E-state index contributed by atoms with van der Waals surface area (Å²) in [5.41, 5.74) is 2.71. The van der Waals surface area contributed by atoms with E-state index in [0.29, 0.717) is 35.1 Å². The fourth-order valence-electron chi connectivity index (χ4n) is 3.22. The van der Waals surface area contributed by atoms with Crippen LogP contribution in [0.25, 0.3) is 0 Å². The zero-order valence-electron chi connectivity index (χ0n) is 17.2. The number of amides is 2. The van der Waals surface area contributed by atoms with E-state index in [-0.39, 0.29) is 12.1 Å². The lowest BCUT2D eigenvalue weighted by atomic mass is 9.94. The van der Waals surface area contributed by atoms with Crippen LogP contribution in [0.15, 0.2) is 59.8 Å². The maximum absolute atomic E-state index is 12.7. The standard InChI is InChI=1S/C23H25ClN2O4/c1-4-19-20(22(27)30-14(2)3)21(26-23(28)25-19)16-8-10-18(11-9-16)29-13-15-6-5-7-17(24)12-15/h5-12,14,21H,4,13H2,1-3H3,(H2,25,26,28). The van der Waals surface area contributed by atoms with Gasteiger partial charge >= 0.3 is 12.0 Å². The normalized spacial score (nSPS) is 16.2. The summed E-state index contributed by atoms with van der Waals surface area (Å²) in [5, 5.41) is 6.20. The van der Waals surface area contributed by atoms with Crippen LogP contribution in [0.1, 0.15) is 44.4 Å². The largest absolute Gasteiger partial charge is 0.489 e. The number of nitrogens with one attached hydrogen (secondary N) is 2. The molecule has 2 N–H and O–H groups in total. The molecule has 1 aliphatic rings. The highest BCUT2D eigenvalue weighted by Crippen LogP contribution is 2.30. The van der Waals surface area contributed by atoms with E-state index in [1.165, 1.54) is 0 Å². The Hall–Kier alpha value is -2.99. The summed E-state index contributed by atoms with van der Waals surface area (Å²) >= 11 is 6.00. The quantitative estimate of drug-likeness (QED) is 0.615. The van der Waals surface area contributed by atoms with Crippen LogP contribution in [0.4, 0.5) is 4.79 Å². The van der Waals surface area contributed by atoms with E-state index in [0.717, 1.165) is 11.1 Å². The summed E-state index contributed by atoms with van der Waals surface area (Å²) in [6.45, 7) is 5.85. The van der Waals surface area contributed by atoms with Crippen molar-refractivity contribution in [3.05, 3.63) is 76.0 Å². The molecule has 0 saturated heterocycles. The molecule has 1 atom stereocenters. The minimum Gasteiger partial charge on any atom is -0.489 e. The summed E-state index contributed by atoms with van der Waals surface area (Å²) in [6, 6.07) is 13.8. The molecule has 0 radical (unpaired) electrons. The predicted octanol–water partition coefficient (Wildman–Crippen LogP) is 4.89. The lowest BCUT2D eigenvalue weighted by Gasteiger charge is -2.29. The second-order valence-electron chi connectivity index (χ2n) is 7.22. The van der Waals surface area contributed by atoms with Gasteiger partial charge in [-0.15, -0.1) is 0 Å². The first kappa shape index (κ1) is 21.7. The maximum Gasteiger partial charge on any atom is 0.338 e. The van der Waals surface area contributed by atoms with Crippen LogP contribution >= 0.6 is 11.6 Å². The summed E-state index contributed by atoms with van der Waals surface area (Å²) in [6.07, 6.45) is 0.247. The van der Waals surface area contributed by atoms with Gasteiger partial charge < -0.3 is 20.1 Å². The number of urea groups is 1. The van der Waals surface area contributed by atoms with Crippen molar-refractivity contribution in [1.29, 1.82) is 0 Å². The van der Waals surface area contributed by atoms with Crippen LogP contribution in [-0.4, -0.2) is 18.1 Å². The van der Waals surface area contributed by atoms with Crippen LogP contribution in [0.5, 0.6) is 5.75 Å². The molecule has 1 aliphatic heterocycles. The summed E-state index contributed by atoms with van der Waals surface area (Å²) in [4.78, 5) is 24.8. The van der Waals surface area contributed by atoms with Crippen LogP contribution in [0, 0.1) is 0 Å². The average Bonchev–Trinajstić information content (AvgIpc) is 2.71. The van der Waals surface area contributed by atoms with E-state index in [1.54, 1.807) is 13.8 Å². The van der Waals surface area contributed by atoms with Crippen molar-refractivity contribution in [3.8, 4) is 5.75 Å². The van der Waals surface area contributed by atoms with Gasteiger partial charge in [-0.25, -0.2) is 9.59 Å². The molecule has 2 aromatic rings. The lowest BCUT2D eigenvalue weighted by Crippen LogP contribution is -2.46. The monoisotopic (exact) mass is 428 g/mol. The van der Waals surface area contributed by atoms with E-state index in [2.05, 4.69) is 10.6 Å². The molecule has 0 bridgehead atoms. The van der Waals surface area contributed by atoms with Crippen LogP contribution in [0.2, 0.25) is 5.02 Å². The Morgan fingerprint density at radius 1 is 1.17 bits per heavy atom. The zero-order valence-corrected chi connectivity index (χ0v) is 18.0. The Bertz CT molecular complexity index is 954. The van der Waals surface area contributed by atoms with Crippen molar-refractivity contribution < 1.29 is 19.1 Å². The molecule has 6 nitrogen and oxygen atoms in total. The smallest absolute Gasteiger partial charge is 0.338 e. The van der Waals surface area contributed by atoms with E-state index >= 15 is 0 Å². The predicted molar refractivity (Wildman–Crippen MR) is 115 cm³/mol. The van der Waals surface area contributed by atoms with Gasteiger partial charge in [0.1, 0.15) is 12.4 Å². The Morgan fingerprint density at radius 2 is 1.90 bits per heavy atom. The first-order valence-corrected chi connectivity index (χ1v) is 10.2. The average molecular weight is 429 g/mol. The molecule has 1 unspecified atom stereocenters. The molecule has 0 aromatic heterocycles. The van der Waals surface area contributed by atoms with Gasteiger partial charge in [0.15, 0.2) is 0 Å². The molecule has 30 heavy (non-hydrogen) atoms. The Morgan fingerprint density at radius 3 is 2.53 bits per heavy atom. The molecule has 0 aliphatic carbocycles. The Balaban J connectivity index is 1.80. The number of rotatable bonds is 7. The number of ether oxygens (including phenoxy) is 2. The Labute approximate surface area is 181 Å². The molecule has 3 rings (SSSR count). The number of halogens is 1. The molecule has 0 fully saturated rings. The highest BCUT2D eigenvalue weighted by molar-refractivity contribution is 6.30. The van der Waals surface area contributed by atoms with Gasteiger partial charge in [-0.05, 0) is 55.7 Å². The second kappa shape index (κ2) is 9.67. The lowest BCUT2D eigenvalue weighted by molar-refractivity contribution is -0.143. The van der Waals surface area contributed by atoms with E-state index in [1.807, 2.05) is 55.5 Å². The minimum absolute atomic E-state index is 0.261. The fraction of sp³-hybridized carbons (Fsp3) is 0.304. The second-order valence-corrected chi connectivity index (χ2v) is 7.66.